The fourth-order valence-corrected chi connectivity index (χ4v) is 5.63. The van der Waals surface area contributed by atoms with Crippen LogP contribution in [0.1, 0.15) is 35.0 Å². The summed E-state index contributed by atoms with van der Waals surface area (Å²) in [5.74, 6) is -0.00746. The van der Waals surface area contributed by atoms with Crippen LogP contribution in [0.15, 0.2) is 48.5 Å². The number of nitrogens with one attached hydrogen (secondary N) is 2. The van der Waals surface area contributed by atoms with Gasteiger partial charge < -0.3 is 5.73 Å². The van der Waals surface area contributed by atoms with Gasteiger partial charge in [0.1, 0.15) is 10.8 Å². The highest BCUT2D eigenvalue weighted by Gasteiger charge is 2.37. The van der Waals surface area contributed by atoms with Crippen molar-refractivity contribution in [3.05, 3.63) is 64.7 Å². The van der Waals surface area contributed by atoms with E-state index in [1.165, 1.54) is 11.3 Å². The number of thiazole rings is 1. The second-order valence-electron chi connectivity index (χ2n) is 6.75. The number of benzene rings is 2. The first-order valence-corrected chi connectivity index (χ1v) is 11.1. The van der Waals surface area contributed by atoms with Gasteiger partial charge in [-0.3, -0.25) is 5.41 Å². The number of hydrogen-bond acceptors (Lipinski definition) is 5. The number of nitrogens with two attached hydrogens (primary N) is 1. The van der Waals surface area contributed by atoms with Crippen LogP contribution in [-0.2, 0) is 16.4 Å². The van der Waals surface area contributed by atoms with Crippen LogP contribution >= 0.6 is 11.3 Å². The number of fused-ring (bicyclic) bond motifs is 1. The molecule has 0 aliphatic heterocycles. The maximum atomic E-state index is 12.6. The van der Waals surface area contributed by atoms with E-state index < -0.39 is 16.1 Å². The molecule has 3 aromatic rings. The second-order valence-corrected chi connectivity index (χ2v) is 9.81. The number of para-hydroxylation sites is 1. The van der Waals surface area contributed by atoms with E-state index in [0.717, 1.165) is 20.8 Å². The van der Waals surface area contributed by atoms with E-state index in [1.54, 1.807) is 6.07 Å². The molecule has 0 radical (unpaired) electrons. The van der Waals surface area contributed by atoms with Crippen LogP contribution in [0, 0.1) is 5.41 Å². The molecule has 6 nitrogen and oxygen atoms in total. The topological polar surface area (TPSA) is 109 Å². The number of amidine groups is 1. The molecule has 1 aliphatic carbocycles. The van der Waals surface area contributed by atoms with Crippen LogP contribution in [0.2, 0.25) is 0 Å². The van der Waals surface area contributed by atoms with E-state index in [4.69, 9.17) is 11.1 Å². The summed E-state index contributed by atoms with van der Waals surface area (Å²) in [7, 11) is -3.37. The molecular weight excluding hydrogens is 380 g/mol. The van der Waals surface area contributed by atoms with E-state index in [1.807, 2.05) is 42.5 Å². The predicted octanol–water partition coefficient (Wildman–Crippen LogP) is 2.95. The monoisotopic (exact) mass is 400 g/mol. The van der Waals surface area contributed by atoms with Crippen LogP contribution < -0.4 is 10.5 Å². The van der Waals surface area contributed by atoms with Crippen molar-refractivity contribution >= 4 is 37.4 Å². The molecule has 4 N–H and O–H groups in total. The Balaban J connectivity index is 1.69. The van der Waals surface area contributed by atoms with Crippen molar-refractivity contribution in [2.75, 3.05) is 0 Å². The highest BCUT2D eigenvalue weighted by atomic mass is 32.2. The van der Waals surface area contributed by atoms with Crippen molar-refractivity contribution in [1.29, 1.82) is 5.41 Å². The largest absolute Gasteiger partial charge is 0.384 e. The van der Waals surface area contributed by atoms with E-state index in [9.17, 15) is 8.42 Å². The lowest BCUT2D eigenvalue weighted by Gasteiger charge is -2.17. The quantitative estimate of drug-likeness (QED) is 0.418. The summed E-state index contributed by atoms with van der Waals surface area (Å²) >= 11 is 1.50. The molecule has 0 amide bonds. The molecule has 1 heterocycles. The molecule has 0 bridgehead atoms. The normalized spacial score (nSPS) is 15.7. The van der Waals surface area contributed by atoms with Gasteiger partial charge in [-0.25, -0.2) is 18.1 Å². The van der Waals surface area contributed by atoms with E-state index in [0.29, 0.717) is 24.8 Å². The summed E-state index contributed by atoms with van der Waals surface area (Å²) < 4.78 is 29.0. The lowest BCUT2D eigenvalue weighted by Crippen LogP contribution is -2.32. The van der Waals surface area contributed by atoms with Gasteiger partial charge in [-0.1, -0.05) is 30.3 Å². The van der Waals surface area contributed by atoms with Crippen molar-refractivity contribution in [2.45, 2.75) is 30.6 Å². The summed E-state index contributed by atoms with van der Waals surface area (Å²) in [6.07, 6.45) is 1.87. The van der Waals surface area contributed by atoms with Crippen molar-refractivity contribution in [2.24, 2.45) is 5.73 Å². The van der Waals surface area contributed by atoms with Gasteiger partial charge in [0.15, 0.2) is 0 Å². The van der Waals surface area contributed by atoms with Crippen LogP contribution in [0.25, 0.3) is 10.2 Å². The van der Waals surface area contributed by atoms with Crippen LogP contribution in [0.4, 0.5) is 0 Å². The number of rotatable bonds is 7. The van der Waals surface area contributed by atoms with Gasteiger partial charge >= 0.3 is 0 Å². The molecule has 1 aliphatic rings. The molecule has 140 valence electrons. The predicted molar refractivity (Wildman–Crippen MR) is 109 cm³/mol. The van der Waals surface area contributed by atoms with Gasteiger partial charge in [0.2, 0.25) is 10.0 Å². The average Bonchev–Trinajstić information content (AvgIpc) is 3.41. The summed E-state index contributed by atoms with van der Waals surface area (Å²) in [6, 6.07) is 14.7. The van der Waals surface area contributed by atoms with E-state index >= 15 is 0 Å². The van der Waals surface area contributed by atoms with Crippen LogP contribution in [0.3, 0.4) is 0 Å². The summed E-state index contributed by atoms with van der Waals surface area (Å²) in [6.45, 7) is 0. The first-order valence-electron chi connectivity index (χ1n) is 8.72. The van der Waals surface area contributed by atoms with Crippen molar-refractivity contribution in [3.63, 3.8) is 0 Å². The molecule has 1 aromatic heterocycles. The Hall–Kier alpha value is -2.29. The maximum absolute atomic E-state index is 12.6. The van der Waals surface area contributed by atoms with Crippen molar-refractivity contribution in [1.82, 2.24) is 9.71 Å². The molecule has 1 atom stereocenters. The third-order valence-corrected chi connectivity index (χ3v) is 7.67. The minimum absolute atomic E-state index is 0.00746. The molecular formula is C19H20N4O2S2. The average molecular weight is 401 g/mol. The molecule has 27 heavy (non-hydrogen) atoms. The molecule has 0 saturated heterocycles. The molecule has 4 rings (SSSR count). The Kier molecular flexibility index (Phi) is 4.71. The summed E-state index contributed by atoms with van der Waals surface area (Å²) in [5.41, 5.74) is 7.99. The zero-order valence-electron chi connectivity index (χ0n) is 14.6. The number of nitrogen functional groups attached to an aromatic ring is 1. The Bertz CT molecular complexity index is 1070. The smallest absolute Gasteiger partial charge is 0.215 e. The van der Waals surface area contributed by atoms with Gasteiger partial charge in [-0.05, 0) is 43.0 Å². The number of aromatic nitrogens is 1. The Labute approximate surface area is 162 Å². The zero-order chi connectivity index (χ0) is 19.0. The van der Waals surface area contributed by atoms with Crippen LogP contribution in [-0.4, -0.2) is 24.5 Å². The lowest BCUT2D eigenvalue weighted by molar-refractivity contribution is 0.553. The lowest BCUT2D eigenvalue weighted by atomic mass is 10.0. The molecule has 8 heteroatoms. The van der Waals surface area contributed by atoms with Crippen molar-refractivity contribution < 1.29 is 8.42 Å². The highest BCUT2D eigenvalue weighted by Crippen LogP contribution is 2.33. The van der Waals surface area contributed by atoms with E-state index in [-0.39, 0.29) is 11.1 Å². The molecule has 2 aromatic carbocycles. The molecule has 1 unspecified atom stereocenters. The molecule has 1 fully saturated rings. The van der Waals surface area contributed by atoms with Crippen LogP contribution in [0.5, 0.6) is 0 Å². The van der Waals surface area contributed by atoms with Crippen molar-refractivity contribution in [3.8, 4) is 0 Å². The Morgan fingerprint density at radius 3 is 2.74 bits per heavy atom. The highest BCUT2D eigenvalue weighted by molar-refractivity contribution is 7.90. The van der Waals surface area contributed by atoms with Gasteiger partial charge in [0, 0.05) is 5.56 Å². The molecule has 1 saturated carbocycles. The Morgan fingerprint density at radius 1 is 1.26 bits per heavy atom. The minimum Gasteiger partial charge on any atom is -0.384 e. The van der Waals surface area contributed by atoms with E-state index in [2.05, 4.69) is 9.71 Å². The first kappa shape index (κ1) is 18.1. The van der Waals surface area contributed by atoms with Gasteiger partial charge in [-0.15, -0.1) is 11.3 Å². The fraction of sp³-hybridized carbons (Fsp3) is 0.263. The summed E-state index contributed by atoms with van der Waals surface area (Å²) in [4.78, 5) is 4.66. The first-order chi connectivity index (χ1) is 12.9. The number of sulfonamides is 1. The minimum atomic E-state index is -3.37. The summed E-state index contributed by atoms with van der Waals surface area (Å²) in [5, 5.41) is 8.07. The third-order valence-electron chi connectivity index (χ3n) is 4.56. The Morgan fingerprint density at radius 2 is 2.04 bits per heavy atom. The number of nitrogens with zero attached hydrogens (tertiary/aromatic N) is 1. The van der Waals surface area contributed by atoms with Gasteiger partial charge in [-0.2, -0.15) is 0 Å². The maximum Gasteiger partial charge on any atom is 0.215 e. The SMILES string of the molecule is N=C(N)c1cccc(CC(NS(=O)(=O)C2CC2)c2nc3ccccc3s2)c1. The zero-order valence-corrected chi connectivity index (χ0v) is 16.2. The third kappa shape index (κ3) is 4.02. The molecule has 0 spiro atoms. The van der Waals surface area contributed by atoms with Gasteiger partial charge in [0.25, 0.3) is 0 Å². The van der Waals surface area contributed by atoms with Gasteiger partial charge in [0.05, 0.1) is 21.5 Å². The number of hydrogen-bond donors (Lipinski definition) is 3. The fourth-order valence-electron chi connectivity index (χ4n) is 2.99. The standard InChI is InChI=1S/C19H20N4O2S2/c20-18(21)13-5-3-4-12(10-13)11-16(23-27(24,25)14-8-9-14)19-22-15-6-1-2-7-17(15)26-19/h1-7,10,14,16,23H,8-9,11H2,(H3,20,21). The second kappa shape index (κ2) is 7.03.